The number of likely N-dealkylation sites (tertiary alicyclic amines) is 1. The molecular formula is C19H33IN6. The van der Waals surface area contributed by atoms with Gasteiger partial charge in [-0.3, -0.25) is 0 Å². The Balaban J connectivity index is 0.00000196. The van der Waals surface area contributed by atoms with Gasteiger partial charge in [0, 0.05) is 26.2 Å². The smallest absolute Gasteiger partial charge is 0.194 e. The minimum atomic E-state index is 0. The van der Waals surface area contributed by atoms with E-state index >= 15 is 0 Å². The van der Waals surface area contributed by atoms with Crippen molar-refractivity contribution in [1.82, 2.24) is 25.0 Å². The topological polar surface area (TPSA) is 58.3 Å². The minimum absolute atomic E-state index is 0. The first kappa shape index (κ1) is 19.9. The van der Waals surface area contributed by atoms with Crippen LogP contribution >= 0.6 is 24.0 Å². The number of fused-ring (bicyclic) bond motifs is 1. The van der Waals surface area contributed by atoms with Crippen molar-refractivity contribution in [1.29, 1.82) is 0 Å². The molecule has 2 heterocycles. The number of hydrogen-bond acceptors (Lipinski definition) is 3. The summed E-state index contributed by atoms with van der Waals surface area (Å²) in [7, 11) is 2.02. The summed E-state index contributed by atoms with van der Waals surface area (Å²) in [4.78, 5) is 7.51. The maximum atomic E-state index is 4.98. The van der Waals surface area contributed by atoms with Crippen molar-refractivity contribution in [3.05, 3.63) is 11.6 Å². The van der Waals surface area contributed by atoms with Gasteiger partial charge < -0.3 is 14.8 Å². The van der Waals surface area contributed by atoms with Gasteiger partial charge in [0.1, 0.15) is 12.4 Å². The molecule has 2 aliphatic carbocycles. The number of guanidine groups is 1. The standard InChI is InChI=1S/C19H32N6.HI/c1-14-22-23-18(24(14)2)11-20-19(21-17-9-5-6-10-17)25-12-15-7-3-4-8-16(15)13-25;/h15-17H,3-13H2,1-2H3,(H,20,21);1H. The molecule has 3 fully saturated rings. The summed E-state index contributed by atoms with van der Waals surface area (Å²) < 4.78 is 2.04. The van der Waals surface area contributed by atoms with Crippen molar-refractivity contribution in [3.8, 4) is 0 Å². The number of aromatic nitrogens is 3. The average molecular weight is 472 g/mol. The van der Waals surface area contributed by atoms with Gasteiger partial charge >= 0.3 is 0 Å². The minimum Gasteiger partial charge on any atom is -0.353 e. The van der Waals surface area contributed by atoms with Gasteiger partial charge in [0.15, 0.2) is 11.8 Å². The fourth-order valence-electron chi connectivity index (χ4n) is 4.80. The highest BCUT2D eigenvalue weighted by molar-refractivity contribution is 14.0. The van der Waals surface area contributed by atoms with Crippen molar-refractivity contribution in [3.63, 3.8) is 0 Å². The van der Waals surface area contributed by atoms with Crippen LogP contribution in [0.25, 0.3) is 0 Å². The average Bonchev–Trinajstić information content (AvgIpc) is 3.34. The Kier molecular flexibility index (Phi) is 6.80. The first-order valence-electron chi connectivity index (χ1n) is 10.1. The summed E-state index contributed by atoms with van der Waals surface area (Å²) in [6.45, 7) is 4.96. The predicted molar refractivity (Wildman–Crippen MR) is 115 cm³/mol. The van der Waals surface area contributed by atoms with Crippen LogP contribution in [0.2, 0.25) is 0 Å². The Bertz CT molecular complexity index is 608. The highest BCUT2D eigenvalue weighted by Gasteiger charge is 2.36. The van der Waals surface area contributed by atoms with Crippen molar-refractivity contribution < 1.29 is 0 Å². The molecule has 2 saturated carbocycles. The highest BCUT2D eigenvalue weighted by atomic mass is 127. The molecule has 1 saturated heterocycles. The van der Waals surface area contributed by atoms with Crippen LogP contribution in [0.4, 0.5) is 0 Å². The van der Waals surface area contributed by atoms with E-state index < -0.39 is 0 Å². The van der Waals surface area contributed by atoms with Gasteiger partial charge in [-0.1, -0.05) is 25.7 Å². The highest BCUT2D eigenvalue weighted by Crippen LogP contribution is 2.36. The lowest BCUT2D eigenvalue weighted by Crippen LogP contribution is -2.44. The molecule has 1 N–H and O–H groups in total. The molecular weight excluding hydrogens is 439 g/mol. The van der Waals surface area contributed by atoms with Gasteiger partial charge in [-0.05, 0) is 44.4 Å². The van der Waals surface area contributed by atoms with Crippen molar-refractivity contribution in [2.75, 3.05) is 13.1 Å². The molecule has 1 aliphatic heterocycles. The van der Waals surface area contributed by atoms with Gasteiger partial charge in [0.05, 0.1) is 0 Å². The molecule has 3 aliphatic rings. The zero-order chi connectivity index (χ0) is 17.2. The van der Waals surface area contributed by atoms with E-state index in [-0.39, 0.29) is 24.0 Å². The summed E-state index contributed by atoms with van der Waals surface area (Å²) in [5.41, 5.74) is 0. The summed E-state index contributed by atoms with van der Waals surface area (Å²) in [5.74, 6) is 4.76. The third-order valence-electron chi connectivity index (χ3n) is 6.52. The molecule has 0 amide bonds. The molecule has 4 rings (SSSR count). The second-order valence-corrected chi connectivity index (χ2v) is 8.20. The van der Waals surface area contributed by atoms with Crippen molar-refractivity contribution >= 4 is 29.9 Å². The van der Waals surface area contributed by atoms with Crippen LogP contribution in [0.3, 0.4) is 0 Å². The second kappa shape index (κ2) is 8.89. The van der Waals surface area contributed by atoms with Gasteiger partial charge in [0.25, 0.3) is 0 Å². The van der Waals surface area contributed by atoms with Crippen LogP contribution in [0, 0.1) is 18.8 Å². The molecule has 0 radical (unpaired) electrons. The van der Waals surface area contributed by atoms with E-state index in [2.05, 4.69) is 20.4 Å². The third-order valence-corrected chi connectivity index (χ3v) is 6.52. The van der Waals surface area contributed by atoms with E-state index in [1.807, 2.05) is 18.5 Å². The van der Waals surface area contributed by atoms with Gasteiger partial charge in [-0.2, -0.15) is 0 Å². The molecule has 26 heavy (non-hydrogen) atoms. The zero-order valence-electron chi connectivity index (χ0n) is 16.2. The number of nitrogens with zero attached hydrogens (tertiary/aromatic N) is 5. The van der Waals surface area contributed by atoms with Crippen molar-refractivity contribution in [2.24, 2.45) is 23.9 Å². The van der Waals surface area contributed by atoms with Gasteiger partial charge in [-0.15, -0.1) is 34.2 Å². The molecule has 6 nitrogen and oxygen atoms in total. The van der Waals surface area contributed by atoms with E-state index in [4.69, 9.17) is 4.99 Å². The fourth-order valence-corrected chi connectivity index (χ4v) is 4.80. The Morgan fingerprint density at radius 1 is 1.04 bits per heavy atom. The summed E-state index contributed by atoms with van der Waals surface area (Å²) in [6, 6.07) is 0.600. The number of nitrogens with one attached hydrogen (secondary N) is 1. The van der Waals surface area contributed by atoms with E-state index in [0.29, 0.717) is 12.6 Å². The van der Waals surface area contributed by atoms with Crippen LogP contribution in [-0.2, 0) is 13.6 Å². The fraction of sp³-hybridized carbons (Fsp3) is 0.842. The summed E-state index contributed by atoms with van der Waals surface area (Å²) >= 11 is 0. The largest absolute Gasteiger partial charge is 0.353 e. The zero-order valence-corrected chi connectivity index (χ0v) is 18.5. The molecule has 1 aromatic rings. The quantitative estimate of drug-likeness (QED) is 0.417. The number of halogens is 1. The lowest BCUT2D eigenvalue weighted by Gasteiger charge is -2.25. The van der Waals surface area contributed by atoms with E-state index in [9.17, 15) is 0 Å². The third kappa shape index (κ3) is 4.34. The molecule has 7 heteroatoms. The molecule has 0 bridgehead atoms. The van der Waals surface area contributed by atoms with E-state index in [0.717, 1.165) is 29.4 Å². The predicted octanol–water partition coefficient (Wildman–Crippen LogP) is 3.25. The van der Waals surface area contributed by atoms with Crippen LogP contribution in [-0.4, -0.2) is 44.8 Å². The molecule has 1 aromatic heterocycles. The number of hydrogen-bond donors (Lipinski definition) is 1. The number of aliphatic imine (C=N–C) groups is 1. The lowest BCUT2D eigenvalue weighted by atomic mass is 9.82. The Morgan fingerprint density at radius 2 is 1.65 bits per heavy atom. The molecule has 146 valence electrons. The van der Waals surface area contributed by atoms with Gasteiger partial charge in [0.2, 0.25) is 0 Å². The maximum Gasteiger partial charge on any atom is 0.194 e. The normalized spacial score (nSPS) is 26.7. The molecule has 2 atom stereocenters. The van der Waals surface area contributed by atoms with Crippen molar-refractivity contribution in [2.45, 2.75) is 70.9 Å². The van der Waals surface area contributed by atoms with Crippen LogP contribution in [0.15, 0.2) is 4.99 Å². The second-order valence-electron chi connectivity index (χ2n) is 8.20. The summed E-state index contributed by atoms with van der Waals surface area (Å²) in [5, 5.41) is 12.2. The Hall–Kier alpha value is -0.860. The Morgan fingerprint density at radius 3 is 2.23 bits per heavy atom. The first-order valence-corrected chi connectivity index (χ1v) is 10.1. The van der Waals surface area contributed by atoms with E-state index in [1.54, 1.807) is 0 Å². The van der Waals surface area contributed by atoms with Crippen LogP contribution in [0.1, 0.15) is 63.0 Å². The summed E-state index contributed by atoms with van der Waals surface area (Å²) in [6.07, 6.45) is 10.9. The SMILES string of the molecule is Cc1nnc(CN=C(NC2CCCC2)N2CC3CCCCC3C2)n1C.I. The van der Waals surface area contributed by atoms with Crippen LogP contribution < -0.4 is 5.32 Å². The first-order chi connectivity index (χ1) is 12.2. The molecule has 0 aromatic carbocycles. The molecule has 2 unspecified atom stereocenters. The maximum absolute atomic E-state index is 4.98. The van der Waals surface area contributed by atoms with E-state index in [1.165, 1.54) is 64.5 Å². The lowest BCUT2D eigenvalue weighted by molar-refractivity contribution is 0.299. The monoisotopic (exact) mass is 472 g/mol. The number of aryl methyl sites for hydroxylation is 1. The Labute approximate surface area is 174 Å². The van der Waals surface area contributed by atoms with Gasteiger partial charge in [-0.25, -0.2) is 4.99 Å². The van der Waals surface area contributed by atoms with Crippen LogP contribution in [0.5, 0.6) is 0 Å². The molecule has 0 spiro atoms. The number of rotatable bonds is 3.